The van der Waals surface area contributed by atoms with Crippen molar-refractivity contribution >= 4 is 33.2 Å². The number of carbonyl (C=O) groups is 1. The molecule has 0 fully saturated rings. The van der Waals surface area contributed by atoms with E-state index in [1.165, 1.54) is 4.88 Å². The highest BCUT2D eigenvalue weighted by atomic mass is 79.9. The van der Waals surface area contributed by atoms with Gasteiger partial charge in [-0.2, -0.15) is 0 Å². The van der Waals surface area contributed by atoms with Crippen molar-refractivity contribution < 1.29 is 9.90 Å². The number of carboxylic acids is 1. The van der Waals surface area contributed by atoms with Gasteiger partial charge < -0.3 is 10.4 Å². The maximum atomic E-state index is 10.5. The molecule has 0 aliphatic rings. The first kappa shape index (κ1) is 15.7. The number of hydrogen-bond acceptors (Lipinski definition) is 3. The van der Waals surface area contributed by atoms with E-state index in [0.29, 0.717) is 0 Å². The second-order valence-electron chi connectivity index (χ2n) is 5.18. The van der Waals surface area contributed by atoms with E-state index in [0.717, 1.165) is 30.4 Å². The van der Waals surface area contributed by atoms with Crippen molar-refractivity contribution in [2.45, 2.75) is 39.7 Å². The molecule has 1 aromatic rings. The summed E-state index contributed by atoms with van der Waals surface area (Å²) in [5, 5.41) is 14.2. The van der Waals surface area contributed by atoms with E-state index in [4.69, 9.17) is 5.11 Å². The van der Waals surface area contributed by atoms with Crippen LogP contribution in [0.15, 0.2) is 15.9 Å². The molecule has 0 radical (unpaired) electrons. The van der Waals surface area contributed by atoms with E-state index in [9.17, 15) is 4.79 Å². The van der Waals surface area contributed by atoms with Crippen LogP contribution in [-0.2, 0) is 11.3 Å². The third-order valence-corrected chi connectivity index (χ3v) is 4.90. The number of aliphatic carboxylic acids is 1. The highest BCUT2D eigenvalue weighted by molar-refractivity contribution is 9.10. The second kappa shape index (κ2) is 7.26. The SMILES string of the molecule is CC(C)(CCNCc1sccc1Br)CCC(=O)O. The Morgan fingerprint density at radius 1 is 1.50 bits per heavy atom. The molecule has 0 bridgehead atoms. The van der Waals surface area contributed by atoms with Crippen LogP contribution in [0.2, 0.25) is 0 Å². The monoisotopic (exact) mass is 333 g/mol. The lowest BCUT2D eigenvalue weighted by molar-refractivity contribution is -0.137. The van der Waals surface area contributed by atoms with Crippen molar-refractivity contribution in [1.82, 2.24) is 5.32 Å². The molecule has 1 heterocycles. The topological polar surface area (TPSA) is 49.3 Å². The number of hydrogen-bond donors (Lipinski definition) is 2. The Labute approximate surface area is 121 Å². The molecule has 0 unspecified atom stereocenters. The molecule has 102 valence electrons. The second-order valence-corrected chi connectivity index (χ2v) is 7.03. The summed E-state index contributed by atoms with van der Waals surface area (Å²) in [5.74, 6) is -0.710. The van der Waals surface area contributed by atoms with Gasteiger partial charge in [0, 0.05) is 22.3 Å². The van der Waals surface area contributed by atoms with E-state index < -0.39 is 5.97 Å². The molecule has 0 aliphatic carbocycles. The lowest BCUT2D eigenvalue weighted by Gasteiger charge is -2.23. The summed E-state index contributed by atoms with van der Waals surface area (Å²) in [6, 6.07) is 2.05. The molecule has 18 heavy (non-hydrogen) atoms. The van der Waals surface area contributed by atoms with E-state index >= 15 is 0 Å². The predicted molar refractivity (Wildman–Crippen MR) is 79.0 cm³/mol. The van der Waals surface area contributed by atoms with Crippen LogP contribution in [0, 0.1) is 5.41 Å². The Hall–Kier alpha value is -0.390. The number of thiophene rings is 1. The van der Waals surface area contributed by atoms with Crippen molar-refractivity contribution in [1.29, 1.82) is 0 Å². The molecule has 1 aromatic heterocycles. The minimum absolute atomic E-state index is 0.0814. The van der Waals surface area contributed by atoms with E-state index in [1.807, 2.05) is 0 Å². The third kappa shape index (κ3) is 5.98. The highest BCUT2D eigenvalue weighted by Crippen LogP contribution is 2.26. The van der Waals surface area contributed by atoms with Crippen molar-refractivity contribution in [3.63, 3.8) is 0 Å². The average molecular weight is 334 g/mol. The first-order chi connectivity index (χ1) is 8.41. The zero-order valence-corrected chi connectivity index (χ0v) is 13.2. The van der Waals surface area contributed by atoms with Crippen LogP contribution in [0.3, 0.4) is 0 Å². The van der Waals surface area contributed by atoms with E-state index in [-0.39, 0.29) is 11.8 Å². The zero-order valence-electron chi connectivity index (χ0n) is 10.8. The van der Waals surface area contributed by atoms with Crippen LogP contribution in [0.25, 0.3) is 0 Å². The van der Waals surface area contributed by atoms with Gasteiger partial charge in [-0.3, -0.25) is 4.79 Å². The molecule has 0 atom stereocenters. The van der Waals surface area contributed by atoms with Gasteiger partial charge in [0.1, 0.15) is 0 Å². The van der Waals surface area contributed by atoms with Crippen LogP contribution in [0.5, 0.6) is 0 Å². The smallest absolute Gasteiger partial charge is 0.303 e. The minimum Gasteiger partial charge on any atom is -0.481 e. The molecule has 0 saturated carbocycles. The normalized spacial score (nSPS) is 11.7. The number of carboxylic acid groups (broad SMARTS) is 1. The van der Waals surface area contributed by atoms with Gasteiger partial charge in [0.05, 0.1) is 0 Å². The van der Waals surface area contributed by atoms with Crippen LogP contribution >= 0.6 is 27.3 Å². The zero-order chi connectivity index (χ0) is 13.6. The fourth-order valence-corrected chi connectivity index (χ4v) is 3.11. The molecule has 2 N–H and O–H groups in total. The van der Waals surface area contributed by atoms with Gasteiger partial charge in [0.25, 0.3) is 0 Å². The molecule has 0 aliphatic heterocycles. The van der Waals surface area contributed by atoms with Crippen molar-refractivity contribution in [3.05, 3.63) is 20.8 Å². The minimum atomic E-state index is -0.710. The largest absolute Gasteiger partial charge is 0.481 e. The van der Waals surface area contributed by atoms with Gasteiger partial charge in [-0.25, -0.2) is 0 Å². The van der Waals surface area contributed by atoms with E-state index in [1.54, 1.807) is 11.3 Å². The van der Waals surface area contributed by atoms with Crippen molar-refractivity contribution in [3.8, 4) is 0 Å². The highest BCUT2D eigenvalue weighted by Gasteiger charge is 2.18. The maximum absolute atomic E-state index is 10.5. The summed E-state index contributed by atoms with van der Waals surface area (Å²) in [6.45, 7) is 6.03. The number of halogens is 1. The van der Waals surface area contributed by atoms with Gasteiger partial charge in [0.2, 0.25) is 0 Å². The number of rotatable bonds is 8. The Morgan fingerprint density at radius 3 is 2.78 bits per heavy atom. The van der Waals surface area contributed by atoms with E-state index in [2.05, 4.69) is 46.5 Å². The lowest BCUT2D eigenvalue weighted by Crippen LogP contribution is -2.22. The average Bonchev–Trinajstić information content (AvgIpc) is 2.68. The molecular weight excluding hydrogens is 314 g/mol. The molecule has 0 spiro atoms. The fraction of sp³-hybridized carbons (Fsp3) is 0.615. The van der Waals surface area contributed by atoms with Gasteiger partial charge in [0.15, 0.2) is 0 Å². The molecule has 5 heteroatoms. The number of nitrogens with one attached hydrogen (secondary N) is 1. The van der Waals surface area contributed by atoms with Gasteiger partial charge in [-0.15, -0.1) is 11.3 Å². The van der Waals surface area contributed by atoms with Crippen LogP contribution in [0.1, 0.15) is 38.0 Å². The Morgan fingerprint density at radius 2 is 2.22 bits per heavy atom. The summed E-state index contributed by atoms with van der Waals surface area (Å²) < 4.78 is 1.16. The Kier molecular flexibility index (Phi) is 6.32. The first-order valence-corrected chi connectivity index (χ1v) is 7.72. The van der Waals surface area contributed by atoms with Crippen molar-refractivity contribution in [2.24, 2.45) is 5.41 Å². The third-order valence-electron chi connectivity index (χ3n) is 2.97. The maximum Gasteiger partial charge on any atom is 0.303 e. The predicted octanol–water partition coefficient (Wildman–Crippen LogP) is 3.88. The van der Waals surface area contributed by atoms with Gasteiger partial charge in [-0.05, 0) is 52.2 Å². The molecule has 3 nitrogen and oxygen atoms in total. The van der Waals surface area contributed by atoms with Crippen LogP contribution in [-0.4, -0.2) is 17.6 Å². The summed E-state index contributed by atoms with van der Waals surface area (Å²) in [6.07, 6.45) is 1.97. The fourth-order valence-electron chi connectivity index (χ4n) is 1.65. The van der Waals surface area contributed by atoms with Gasteiger partial charge in [-0.1, -0.05) is 13.8 Å². The van der Waals surface area contributed by atoms with Crippen LogP contribution in [0.4, 0.5) is 0 Å². The Bertz CT molecular complexity index is 390. The van der Waals surface area contributed by atoms with Crippen LogP contribution < -0.4 is 5.32 Å². The molecule has 0 aromatic carbocycles. The molecular formula is C13H20BrNO2S. The van der Waals surface area contributed by atoms with Crippen molar-refractivity contribution in [2.75, 3.05) is 6.54 Å². The lowest BCUT2D eigenvalue weighted by atomic mass is 9.84. The summed E-state index contributed by atoms with van der Waals surface area (Å²) in [4.78, 5) is 11.9. The first-order valence-electron chi connectivity index (χ1n) is 6.05. The summed E-state index contributed by atoms with van der Waals surface area (Å²) in [5.41, 5.74) is 0.0814. The molecule has 1 rings (SSSR count). The molecule has 0 amide bonds. The summed E-state index contributed by atoms with van der Waals surface area (Å²) in [7, 11) is 0. The Balaban J connectivity index is 2.20. The quantitative estimate of drug-likeness (QED) is 0.709. The summed E-state index contributed by atoms with van der Waals surface area (Å²) >= 11 is 5.24. The standard InChI is InChI=1S/C13H20BrNO2S/c1-13(2,5-3-12(16)17)6-7-15-9-11-10(14)4-8-18-11/h4,8,15H,3,5-7,9H2,1-2H3,(H,16,17). The van der Waals surface area contributed by atoms with Gasteiger partial charge >= 0.3 is 5.97 Å². The molecule has 0 saturated heterocycles.